The summed E-state index contributed by atoms with van der Waals surface area (Å²) in [6.45, 7) is 2.61. The zero-order valence-electron chi connectivity index (χ0n) is 12.6. The summed E-state index contributed by atoms with van der Waals surface area (Å²) in [6, 6.07) is 10.6. The minimum absolute atomic E-state index is 0.124. The molecule has 2 aromatic carbocycles. The largest absolute Gasteiger partial charge is 0.496 e. The van der Waals surface area contributed by atoms with Crippen LogP contribution in [0.15, 0.2) is 30.3 Å². The standard InChI is InChI=1S/C18H21NO2/c1-3-17(20)19-11-13-7-9-15-16(21-2)10-8-12-5-4-6-14(13)18(12)15/h4-6,8,10,13H,3,7,9,11H2,1-2H3,(H,19,20)/t13-/m0/s1. The number of rotatable bonds is 4. The molecule has 0 radical (unpaired) electrons. The number of ether oxygens (including phenoxy) is 1. The first-order chi connectivity index (χ1) is 10.2. The number of methoxy groups -OCH3 is 1. The van der Waals surface area contributed by atoms with E-state index < -0.39 is 0 Å². The van der Waals surface area contributed by atoms with E-state index in [2.05, 4.69) is 35.6 Å². The molecular weight excluding hydrogens is 262 g/mol. The predicted molar refractivity (Wildman–Crippen MR) is 84.9 cm³/mol. The normalized spacial score (nSPS) is 16.8. The van der Waals surface area contributed by atoms with E-state index in [1.165, 1.54) is 21.9 Å². The highest BCUT2D eigenvalue weighted by Gasteiger charge is 2.24. The van der Waals surface area contributed by atoms with Gasteiger partial charge in [-0.05, 0) is 35.2 Å². The molecule has 0 heterocycles. The lowest BCUT2D eigenvalue weighted by atomic mass is 9.81. The molecule has 1 N–H and O–H groups in total. The molecule has 0 unspecified atom stereocenters. The van der Waals surface area contributed by atoms with Crippen LogP contribution in [0.25, 0.3) is 10.8 Å². The number of hydrogen-bond acceptors (Lipinski definition) is 2. The monoisotopic (exact) mass is 283 g/mol. The second-order valence-corrected chi connectivity index (χ2v) is 5.58. The van der Waals surface area contributed by atoms with Gasteiger partial charge in [-0.25, -0.2) is 0 Å². The summed E-state index contributed by atoms with van der Waals surface area (Å²) in [5.74, 6) is 1.49. The maximum absolute atomic E-state index is 11.5. The van der Waals surface area contributed by atoms with Crippen molar-refractivity contribution in [1.29, 1.82) is 0 Å². The number of hydrogen-bond donors (Lipinski definition) is 1. The Balaban J connectivity index is 2.01. The minimum atomic E-state index is 0.124. The molecule has 1 aliphatic rings. The van der Waals surface area contributed by atoms with Crippen LogP contribution in [0.2, 0.25) is 0 Å². The minimum Gasteiger partial charge on any atom is -0.496 e. The van der Waals surface area contributed by atoms with E-state index in [1.807, 2.05) is 6.92 Å². The van der Waals surface area contributed by atoms with Crippen molar-refractivity contribution in [1.82, 2.24) is 5.32 Å². The van der Waals surface area contributed by atoms with Crippen LogP contribution >= 0.6 is 0 Å². The smallest absolute Gasteiger partial charge is 0.219 e. The van der Waals surface area contributed by atoms with Crippen molar-refractivity contribution in [2.24, 2.45) is 0 Å². The lowest BCUT2D eigenvalue weighted by molar-refractivity contribution is -0.120. The molecule has 3 rings (SSSR count). The summed E-state index contributed by atoms with van der Waals surface area (Å²) >= 11 is 0. The van der Waals surface area contributed by atoms with E-state index in [1.54, 1.807) is 7.11 Å². The van der Waals surface area contributed by atoms with Gasteiger partial charge in [0.1, 0.15) is 5.75 Å². The number of amides is 1. The molecule has 21 heavy (non-hydrogen) atoms. The van der Waals surface area contributed by atoms with Crippen molar-refractivity contribution in [3.8, 4) is 5.75 Å². The van der Waals surface area contributed by atoms with Gasteiger partial charge in [0.25, 0.3) is 0 Å². The van der Waals surface area contributed by atoms with Gasteiger partial charge in [0, 0.05) is 24.4 Å². The van der Waals surface area contributed by atoms with Gasteiger partial charge in [-0.1, -0.05) is 31.2 Å². The number of carbonyl (C=O) groups excluding carboxylic acids is 1. The molecule has 1 aliphatic carbocycles. The summed E-state index contributed by atoms with van der Waals surface area (Å²) in [7, 11) is 1.73. The van der Waals surface area contributed by atoms with Crippen molar-refractivity contribution in [2.75, 3.05) is 13.7 Å². The Labute approximate surface area is 125 Å². The van der Waals surface area contributed by atoms with Crippen LogP contribution in [0.5, 0.6) is 5.75 Å². The van der Waals surface area contributed by atoms with E-state index in [4.69, 9.17) is 4.74 Å². The van der Waals surface area contributed by atoms with E-state index in [0.29, 0.717) is 12.3 Å². The Bertz CT molecular complexity index is 678. The van der Waals surface area contributed by atoms with Crippen LogP contribution < -0.4 is 10.1 Å². The Morgan fingerprint density at radius 1 is 1.33 bits per heavy atom. The van der Waals surface area contributed by atoms with E-state index in [9.17, 15) is 4.79 Å². The number of nitrogens with one attached hydrogen (secondary N) is 1. The molecule has 110 valence electrons. The molecule has 0 saturated heterocycles. The van der Waals surface area contributed by atoms with E-state index >= 15 is 0 Å². The van der Waals surface area contributed by atoms with Crippen LogP contribution in [0.4, 0.5) is 0 Å². The van der Waals surface area contributed by atoms with Gasteiger partial charge in [-0.2, -0.15) is 0 Å². The average molecular weight is 283 g/mol. The lowest BCUT2D eigenvalue weighted by Crippen LogP contribution is -2.29. The molecule has 0 bridgehead atoms. The molecule has 3 nitrogen and oxygen atoms in total. The van der Waals surface area contributed by atoms with Crippen LogP contribution in [-0.2, 0) is 11.2 Å². The zero-order valence-corrected chi connectivity index (χ0v) is 12.6. The maximum Gasteiger partial charge on any atom is 0.219 e. The molecule has 0 aliphatic heterocycles. The molecule has 1 atom stereocenters. The second kappa shape index (κ2) is 5.76. The Morgan fingerprint density at radius 3 is 2.95 bits per heavy atom. The Hall–Kier alpha value is -2.03. The van der Waals surface area contributed by atoms with Crippen molar-refractivity contribution in [2.45, 2.75) is 32.1 Å². The number of benzene rings is 2. The zero-order chi connectivity index (χ0) is 14.8. The van der Waals surface area contributed by atoms with Gasteiger partial charge in [0.15, 0.2) is 0 Å². The first-order valence-corrected chi connectivity index (χ1v) is 7.59. The Kier molecular flexibility index (Phi) is 3.82. The number of carbonyl (C=O) groups is 1. The predicted octanol–water partition coefficient (Wildman–Crippen LogP) is 3.40. The van der Waals surface area contributed by atoms with Gasteiger partial charge in [-0.15, -0.1) is 0 Å². The first kappa shape index (κ1) is 13.9. The third-order valence-corrected chi connectivity index (χ3v) is 4.41. The molecule has 0 saturated carbocycles. The highest BCUT2D eigenvalue weighted by atomic mass is 16.5. The quantitative estimate of drug-likeness (QED) is 0.934. The summed E-state index contributed by atoms with van der Waals surface area (Å²) < 4.78 is 5.51. The van der Waals surface area contributed by atoms with Crippen LogP contribution in [-0.4, -0.2) is 19.6 Å². The molecule has 0 fully saturated rings. The third-order valence-electron chi connectivity index (χ3n) is 4.41. The Morgan fingerprint density at radius 2 is 2.19 bits per heavy atom. The topological polar surface area (TPSA) is 38.3 Å². The molecule has 2 aromatic rings. The fourth-order valence-corrected chi connectivity index (χ4v) is 3.29. The molecular formula is C18H21NO2. The van der Waals surface area contributed by atoms with Gasteiger partial charge in [0.2, 0.25) is 5.91 Å². The molecule has 0 spiro atoms. The average Bonchev–Trinajstić information content (AvgIpc) is 2.54. The van der Waals surface area contributed by atoms with Crippen molar-refractivity contribution in [3.63, 3.8) is 0 Å². The van der Waals surface area contributed by atoms with Crippen molar-refractivity contribution >= 4 is 16.7 Å². The van der Waals surface area contributed by atoms with Gasteiger partial charge in [0.05, 0.1) is 7.11 Å². The summed E-state index contributed by atoms with van der Waals surface area (Å²) in [5, 5.41) is 5.61. The highest BCUT2D eigenvalue weighted by molar-refractivity contribution is 5.92. The molecule has 3 heteroatoms. The van der Waals surface area contributed by atoms with Crippen LogP contribution in [0, 0.1) is 0 Å². The fourth-order valence-electron chi connectivity index (χ4n) is 3.29. The van der Waals surface area contributed by atoms with Crippen molar-refractivity contribution < 1.29 is 9.53 Å². The van der Waals surface area contributed by atoms with E-state index in [0.717, 1.165) is 25.1 Å². The maximum atomic E-state index is 11.5. The SMILES string of the molecule is CCC(=O)NC[C@@H]1CCc2c(OC)ccc3cccc1c23. The summed E-state index contributed by atoms with van der Waals surface area (Å²) in [4.78, 5) is 11.5. The van der Waals surface area contributed by atoms with Crippen molar-refractivity contribution in [3.05, 3.63) is 41.5 Å². The second-order valence-electron chi connectivity index (χ2n) is 5.58. The lowest BCUT2D eigenvalue weighted by Gasteiger charge is -2.27. The van der Waals surface area contributed by atoms with Gasteiger partial charge < -0.3 is 10.1 Å². The van der Waals surface area contributed by atoms with Crippen LogP contribution in [0.3, 0.4) is 0 Å². The molecule has 1 amide bonds. The highest BCUT2D eigenvalue weighted by Crippen LogP contribution is 2.40. The third kappa shape index (κ3) is 2.48. The fraction of sp³-hybridized carbons (Fsp3) is 0.389. The molecule has 0 aromatic heterocycles. The van der Waals surface area contributed by atoms with Gasteiger partial charge in [-0.3, -0.25) is 4.79 Å². The van der Waals surface area contributed by atoms with Gasteiger partial charge >= 0.3 is 0 Å². The number of aryl methyl sites for hydroxylation is 1. The van der Waals surface area contributed by atoms with Crippen LogP contribution in [0.1, 0.15) is 36.8 Å². The first-order valence-electron chi connectivity index (χ1n) is 7.59. The van der Waals surface area contributed by atoms with E-state index in [-0.39, 0.29) is 5.91 Å². The summed E-state index contributed by atoms with van der Waals surface area (Å²) in [5.41, 5.74) is 2.65. The summed E-state index contributed by atoms with van der Waals surface area (Å²) in [6.07, 6.45) is 2.60.